The molecule has 0 fully saturated rings. The molecule has 0 bridgehead atoms. The number of allylic oxidation sites excluding steroid dienone is 1. The van der Waals surface area contributed by atoms with Crippen molar-refractivity contribution in [3.63, 3.8) is 0 Å². The molecule has 2 rings (SSSR count). The Hall–Kier alpha value is -0.440. The van der Waals surface area contributed by atoms with Gasteiger partial charge in [-0.15, -0.1) is 0 Å². The zero-order valence-electron chi connectivity index (χ0n) is 8.29. The van der Waals surface area contributed by atoms with Gasteiger partial charge < -0.3 is 4.90 Å². The minimum absolute atomic E-state index is 0.623. The lowest BCUT2D eigenvalue weighted by Crippen LogP contribution is -2.26. The van der Waals surface area contributed by atoms with Crippen molar-refractivity contribution in [3.05, 3.63) is 11.1 Å². The number of aliphatic imine (C=N–C) groups is 1. The molecule has 2 nitrogen and oxygen atoms in total. The lowest BCUT2D eigenvalue weighted by Gasteiger charge is -2.22. The van der Waals surface area contributed by atoms with E-state index in [1.54, 1.807) is 11.8 Å². The van der Waals surface area contributed by atoms with Gasteiger partial charge in [0.25, 0.3) is 0 Å². The SMILES string of the molecule is CC(C)C1=CSC2=NCCCCN12. The molecular formula is C10H16N2S. The molecule has 0 radical (unpaired) electrons. The first kappa shape index (κ1) is 9.13. The van der Waals surface area contributed by atoms with Gasteiger partial charge in [0.1, 0.15) is 0 Å². The molecule has 0 aromatic heterocycles. The van der Waals surface area contributed by atoms with E-state index in [0.29, 0.717) is 5.92 Å². The highest BCUT2D eigenvalue weighted by molar-refractivity contribution is 8.16. The molecule has 0 unspecified atom stereocenters. The summed E-state index contributed by atoms with van der Waals surface area (Å²) in [6.45, 7) is 6.67. The Labute approximate surface area is 84.1 Å². The number of fused-ring (bicyclic) bond motifs is 1. The van der Waals surface area contributed by atoms with Crippen LogP contribution in [0.3, 0.4) is 0 Å². The van der Waals surface area contributed by atoms with Crippen LogP contribution in [0.4, 0.5) is 0 Å². The minimum Gasteiger partial charge on any atom is -0.324 e. The standard InChI is InChI=1S/C10H16N2S/c1-8(2)9-7-13-10-11-5-3-4-6-12(9)10/h7-8H,3-6H2,1-2H3. The van der Waals surface area contributed by atoms with Gasteiger partial charge in [0.05, 0.1) is 0 Å². The smallest absolute Gasteiger partial charge is 0.167 e. The maximum Gasteiger partial charge on any atom is 0.167 e. The Balaban J connectivity index is 2.17. The molecule has 0 aromatic carbocycles. The molecule has 0 atom stereocenters. The second-order valence-corrected chi connectivity index (χ2v) is 4.67. The van der Waals surface area contributed by atoms with Crippen molar-refractivity contribution in [2.75, 3.05) is 13.1 Å². The van der Waals surface area contributed by atoms with Crippen molar-refractivity contribution in [2.24, 2.45) is 10.9 Å². The van der Waals surface area contributed by atoms with E-state index in [-0.39, 0.29) is 0 Å². The van der Waals surface area contributed by atoms with Crippen LogP contribution in [-0.4, -0.2) is 23.2 Å². The van der Waals surface area contributed by atoms with Crippen molar-refractivity contribution < 1.29 is 0 Å². The molecular weight excluding hydrogens is 180 g/mol. The summed E-state index contributed by atoms with van der Waals surface area (Å²) in [5.41, 5.74) is 1.45. The van der Waals surface area contributed by atoms with Gasteiger partial charge >= 0.3 is 0 Å². The van der Waals surface area contributed by atoms with Crippen LogP contribution < -0.4 is 0 Å². The van der Waals surface area contributed by atoms with E-state index >= 15 is 0 Å². The first-order valence-electron chi connectivity index (χ1n) is 4.98. The van der Waals surface area contributed by atoms with Gasteiger partial charge in [-0.3, -0.25) is 4.99 Å². The predicted molar refractivity (Wildman–Crippen MR) is 58.8 cm³/mol. The molecule has 3 heteroatoms. The van der Waals surface area contributed by atoms with E-state index in [1.165, 1.54) is 23.7 Å². The van der Waals surface area contributed by atoms with Gasteiger partial charge in [0.15, 0.2) is 5.17 Å². The average Bonchev–Trinajstić information content (AvgIpc) is 2.36. The average molecular weight is 196 g/mol. The topological polar surface area (TPSA) is 15.6 Å². The van der Waals surface area contributed by atoms with Crippen molar-refractivity contribution >= 4 is 16.9 Å². The molecule has 0 saturated heterocycles. The van der Waals surface area contributed by atoms with Crippen LogP contribution in [0.1, 0.15) is 26.7 Å². The fourth-order valence-corrected chi connectivity index (χ4v) is 2.82. The van der Waals surface area contributed by atoms with E-state index in [1.807, 2.05) is 0 Å². The first-order chi connectivity index (χ1) is 6.29. The van der Waals surface area contributed by atoms with Gasteiger partial charge in [0, 0.05) is 18.8 Å². The molecule has 0 aromatic rings. The first-order valence-corrected chi connectivity index (χ1v) is 5.85. The Morgan fingerprint density at radius 3 is 3.08 bits per heavy atom. The highest BCUT2D eigenvalue weighted by Crippen LogP contribution is 2.32. The summed E-state index contributed by atoms with van der Waals surface area (Å²) in [7, 11) is 0. The highest BCUT2D eigenvalue weighted by atomic mass is 32.2. The maximum atomic E-state index is 4.57. The number of hydrogen-bond donors (Lipinski definition) is 0. The molecule has 2 aliphatic rings. The Bertz CT molecular complexity index is 256. The van der Waals surface area contributed by atoms with Gasteiger partial charge in [-0.1, -0.05) is 25.6 Å². The summed E-state index contributed by atoms with van der Waals surface area (Å²) in [4.78, 5) is 6.96. The van der Waals surface area contributed by atoms with Crippen LogP contribution in [0, 0.1) is 5.92 Å². The summed E-state index contributed by atoms with van der Waals surface area (Å²) >= 11 is 1.79. The minimum atomic E-state index is 0.623. The zero-order chi connectivity index (χ0) is 9.26. The van der Waals surface area contributed by atoms with Gasteiger partial charge in [0.2, 0.25) is 0 Å². The lowest BCUT2D eigenvalue weighted by atomic mass is 10.1. The molecule has 0 N–H and O–H groups in total. The number of thioether (sulfide) groups is 1. The highest BCUT2D eigenvalue weighted by Gasteiger charge is 2.25. The van der Waals surface area contributed by atoms with Crippen LogP contribution >= 0.6 is 11.8 Å². The molecule has 0 aliphatic carbocycles. The molecule has 0 saturated carbocycles. The fraction of sp³-hybridized carbons (Fsp3) is 0.700. The summed E-state index contributed by atoms with van der Waals surface area (Å²) in [5.74, 6) is 0.623. The summed E-state index contributed by atoms with van der Waals surface area (Å²) in [6, 6.07) is 0. The maximum absolute atomic E-state index is 4.57. The number of amidine groups is 1. The lowest BCUT2D eigenvalue weighted by molar-refractivity contribution is 0.459. The zero-order valence-corrected chi connectivity index (χ0v) is 9.10. The van der Waals surface area contributed by atoms with Crippen LogP contribution in [0.2, 0.25) is 0 Å². The predicted octanol–water partition coefficient (Wildman–Crippen LogP) is 2.68. The molecule has 2 aliphatic heterocycles. The Kier molecular flexibility index (Phi) is 2.63. The van der Waals surface area contributed by atoms with Gasteiger partial charge in [-0.05, 0) is 24.2 Å². The molecule has 72 valence electrons. The quantitative estimate of drug-likeness (QED) is 0.641. The fourth-order valence-electron chi connectivity index (χ4n) is 1.70. The van der Waals surface area contributed by atoms with Crippen LogP contribution in [-0.2, 0) is 0 Å². The van der Waals surface area contributed by atoms with Crippen molar-refractivity contribution in [2.45, 2.75) is 26.7 Å². The number of rotatable bonds is 1. The summed E-state index contributed by atoms with van der Waals surface area (Å²) in [5, 5.41) is 3.48. The van der Waals surface area contributed by atoms with Crippen molar-refractivity contribution in [3.8, 4) is 0 Å². The largest absolute Gasteiger partial charge is 0.324 e. The normalized spacial score (nSPS) is 22.5. The third kappa shape index (κ3) is 1.75. The second-order valence-electron chi connectivity index (χ2n) is 3.84. The second kappa shape index (κ2) is 3.74. The van der Waals surface area contributed by atoms with Crippen LogP contribution in [0.25, 0.3) is 0 Å². The van der Waals surface area contributed by atoms with Crippen LogP contribution in [0.15, 0.2) is 16.1 Å². The Morgan fingerprint density at radius 2 is 2.31 bits per heavy atom. The molecule has 0 amide bonds. The van der Waals surface area contributed by atoms with Crippen molar-refractivity contribution in [1.82, 2.24) is 4.90 Å². The summed E-state index contributed by atoms with van der Waals surface area (Å²) < 4.78 is 0. The van der Waals surface area contributed by atoms with Crippen molar-refractivity contribution in [1.29, 1.82) is 0 Å². The third-order valence-corrected chi connectivity index (χ3v) is 3.38. The number of hydrogen-bond acceptors (Lipinski definition) is 3. The molecule has 2 heterocycles. The Morgan fingerprint density at radius 1 is 1.46 bits per heavy atom. The van der Waals surface area contributed by atoms with E-state index in [2.05, 4.69) is 29.1 Å². The monoisotopic (exact) mass is 196 g/mol. The van der Waals surface area contributed by atoms with Crippen LogP contribution in [0.5, 0.6) is 0 Å². The molecule has 0 spiro atoms. The third-order valence-electron chi connectivity index (χ3n) is 2.46. The van der Waals surface area contributed by atoms with E-state index in [4.69, 9.17) is 0 Å². The van der Waals surface area contributed by atoms with Gasteiger partial charge in [-0.2, -0.15) is 0 Å². The van der Waals surface area contributed by atoms with E-state index in [0.717, 1.165) is 13.1 Å². The van der Waals surface area contributed by atoms with Gasteiger partial charge in [-0.25, -0.2) is 0 Å². The summed E-state index contributed by atoms with van der Waals surface area (Å²) in [6.07, 6.45) is 2.52. The number of nitrogens with zero attached hydrogens (tertiary/aromatic N) is 2. The van der Waals surface area contributed by atoms with E-state index in [9.17, 15) is 0 Å². The van der Waals surface area contributed by atoms with E-state index < -0.39 is 0 Å². The molecule has 13 heavy (non-hydrogen) atoms.